The number of rotatable bonds is 5. The molecule has 0 aromatic heterocycles. The summed E-state index contributed by atoms with van der Waals surface area (Å²) in [5.74, 6) is 1.68. The number of aliphatic imine (C=N–C) groups is 1. The predicted molar refractivity (Wildman–Crippen MR) is 123 cm³/mol. The molecule has 0 radical (unpaired) electrons. The maximum atomic E-state index is 11.9. The van der Waals surface area contributed by atoms with E-state index in [9.17, 15) is 4.79 Å². The van der Waals surface area contributed by atoms with Gasteiger partial charge in [-0.2, -0.15) is 0 Å². The van der Waals surface area contributed by atoms with Gasteiger partial charge in [0, 0.05) is 31.1 Å². The fraction of sp³-hybridized carbons (Fsp3) is 0.440. The fourth-order valence-electron chi connectivity index (χ4n) is 4.68. The Kier molecular flexibility index (Phi) is 6.44. The van der Waals surface area contributed by atoms with Crippen LogP contribution in [-0.2, 0) is 6.54 Å². The Hall–Kier alpha value is -3.02. The second-order valence-electron chi connectivity index (χ2n) is 8.41. The first kappa shape index (κ1) is 21.2. The average Bonchev–Trinajstić information content (AvgIpc) is 3.24. The van der Waals surface area contributed by atoms with E-state index in [0.29, 0.717) is 12.1 Å². The molecule has 2 aliphatic rings. The van der Waals surface area contributed by atoms with E-state index in [0.717, 1.165) is 43.1 Å². The Labute approximate surface area is 184 Å². The lowest BCUT2D eigenvalue weighted by Gasteiger charge is -2.40. The molecule has 1 aliphatic heterocycles. The van der Waals surface area contributed by atoms with Crippen molar-refractivity contribution in [2.24, 2.45) is 4.99 Å². The van der Waals surface area contributed by atoms with Crippen LogP contribution < -0.4 is 20.7 Å². The molecule has 1 heterocycles. The average molecular weight is 421 g/mol. The highest BCUT2D eigenvalue weighted by molar-refractivity contribution is 5.94. The molecule has 1 fully saturated rings. The summed E-state index contributed by atoms with van der Waals surface area (Å²) < 4.78 is 6.49. The molecule has 0 saturated heterocycles. The summed E-state index contributed by atoms with van der Waals surface area (Å²) in [5.41, 5.74) is 2.77. The molecular formula is C25H32N4O2. The first-order valence-corrected chi connectivity index (χ1v) is 11.3. The van der Waals surface area contributed by atoms with Gasteiger partial charge in [0.15, 0.2) is 5.96 Å². The van der Waals surface area contributed by atoms with Crippen LogP contribution in [0, 0.1) is 0 Å². The van der Waals surface area contributed by atoms with Crippen LogP contribution in [0.25, 0.3) is 0 Å². The minimum atomic E-state index is -0.0865. The lowest BCUT2D eigenvalue weighted by molar-refractivity contribution is 0.0396. The Morgan fingerprint density at radius 1 is 1.16 bits per heavy atom. The van der Waals surface area contributed by atoms with Crippen molar-refractivity contribution in [3.8, 4) is 5.75 Å². The van der Waals surface area contributed by atoms with Gasteiger partial charge in [-0.25, -0.2) is 4.99 Å². The molecule has 0 bridgehead atoms. The van der Waals surface area contributed by atoms with Crippen LogP contribution in [0.5, 0.6) is 5.75 Å². The van der Waals surface area contributed by atoms with Crippen molar-refractivity contribution < 1.29 is 9.53 Å². The summed E-state index contributed by atoms with van der Waals surface area (Å²) in [4.78, 5) is 16.7. The van der Waals surface area contributed by atoms with Gasteiger partial charge in [0.1, 0.15) is 11.4 Å². The van der Waals surface area contributed by atoms with E-state index < -0.39 is 0 Å². The van der Waals surface area contributed by atoms with Crippen molar-refractivity contribution in [1.29, 1.82) is 0 Å². The highest BCUT2D eigenvalue weighted by atomic mass is 16.5. The number of hydrogen-bond donors (Lipinski definition) is 3. The van der Waals surface area contributed by atoms with Crippen LogP contribution in [0.15, 0.2) is 53.5 Å². The largest absolute Gasteiger partial charge is 0.487 e. The standard InChI is InChI=1S/C25H32N4O2/c1-3-27-24(28-17-18-9-8-10-19(15-18)23(30)26-2)29-21-16-25(13-6-7-14-25)31-22-12-5-4-11-20(21)22/h4-5,8-12,15,21H,3,6-7,13-14,16-17H2,1-2H3,(H,26,30)(H2,27,28,29). The number of nitrogens with zero attached hydrogens (tertiary/aromatic N) is 1. The molecular weight excluding hydrogens is 388 g/mol. The van der Waals surface area contributed by atoms with Gasteiger partial charge in [-0.3, -0.25) is 4.79 Å². The second-order valence-corrected chi connectivity index (χ2v) is 8.41. The summed E-state index contributed by atoms with van der Waals surface area (Å²) in [6.45, 7) is 3.34. The van der Waals surface area contributed by atoms with Crippen LogP contribution in [0.3, 0.4) is 0 Å². The van der Waals surface area contributed by atoms with Gasteiger partial charge in [-0.15, -0.1) is 0 Å². The van der Waals surface area contributed by atoms with Crippen molar-refractivity contribution in [2.75, 3.05) is 13.6 Å². The maximum Gasteiger partial charge on any atom is 0.251 e. The number of ether oxygens (including phenoxy) is 1. The molecule has 1 saturated carbocycles. The molecule has 3 N–H and O–H groups in total. The SMILES string of the molecule is CCNC(=NCc1cccc(C(=O)NC)c1)NC1CC2(CCCC2)Oc2ccccc21. The van der Waals surface area contributed by atoms with Crippen molar-refractivity contribution in [2.45, 2.75) is 57.2 Å². The van der Waals surface area contributed by atoms with E-state index in [1.807, 2.05) is 30.3 Å². The summed E-state index contributed by atoms with van der Waals surface area (Å²) in [7, 11) is 1.64. The lowest BCUT2D eigenvalue weighted by atomic mass is 9.86. The fourth-order valence-corrected chi connectivity index (χ4v) is 4.68. The summed E-state index contributed by atoms with van der Waals surface area (Å²) in [5, 5.41) is 9.71. The Morgan fingerprint density at radius 2 is 1.97 bits per heavy atom. The number of nitrogens with one attached hydrogen (secondary N) is 3. The number of carbonyl (C=O) groups is 1. The van der Waals surface area contributed by atoms with Gasteiger partial charge in [0.25, 0.3) is 5.91 Å². The summed E-state index contributed by atoms with van der Waals surface area (Å²) >= 11 is 0. The van der Waals surface area contributed by atoms with Crippen molar-refractivity contribution in [3.05, 3.63) is 65.2 Å². The van der Waals surface area contributed by atoms with Crippen LogP contribution in [0.2, 0.25) is 0 Å². The molecule has 31 heavy (non-hydrogen) atoms. The number of amides is 1. The summed E-state index contributed by atoms with van der Waals surface area (Å²) in [6.07, 6.45) is 5.62. The van der Waals surface area contributed by atoms with E-state index in [4.69, 9.17) is 9.73 Å². The third-order valence-electron chi connectivity index (χ3n) is 6.20. The Morgan fingerprint density at radius 3 is 2.74 bits per heavy atom. The predicted octanol–water partition coefficient (Wildman–Crippen LogP) is 3.94. The number of benzene rings is 2. The number of para-hydroxylation sites is 1. The summed E-state index contributed by atoms with van der Waals surface area (Å²) in [6, 6.07) is 16.1. The molecule has 1 aliphatic carbocycles. The first-order valence-electron chi connectivity index (χ1n) is 11.3. The highest BCUT2D eigenvalue weighted by Crippen LogP contribution is 2.46. The number of fused-ring (bicyclic) bond motifs is 1. The molecule has 1 spiro atoms. The molecule has 2 aromatic rings. The van der Waals surface area contributed by atoms with Crippen molar-refractivity contribution >= 4 is 11.9 Å². The monoisotopic (exact) mass is 420 g/mol. The topological polar surface area (TPSA) is 74.8 Å². The molecule has 1 unspecified atom stereocenters. The van der Waals surface area contributed by atoms with Gasteiger partial charge in [-0.05, 0) is 56.4 Å². The molecule has 6 heteroatoms. The van der Waals surface area contributed by atoms with Gasteiger partial charge >= 0.3 is 0 Å². The van der Waals surface area contributed by atoms with E-state index in [1.165, 1.54) is 18.4 Å². The minimum absolute atomic E-state index is 0.0643. The van der Waals surface area contributed by atoms with Gasteiger partial charge < -0.3 is 20.7 Å². The zero-order valence-electron chi connectivity index (χ0n) is 18.4. The van der Waals surface area contributed by atoms with Crippen molar-refractivity contribution in [1.82, 2.24) is 16.0 Å². The van der Waals surface area contributed by atoms with Gasteiger partial charge in [-0.1, -0.05) is 30.3 Å². The van der Waals surface area contributed by atoms with E-state index in [-0.39, 0.29) is 17.6 Å². The van der Waals surface area contributed by atoms with Crippen LogP contribution in [0.4, 0.5) is 0 Å². The zero-order valence-corrected chi connectivity index (χ0v) is 18.4. The number of carbonyl (C=O) groups excluding carboxylic acids is 1. The number of guanidine groups is 1. The van der Waals surface area contributed by atoms with Crippen LogP contribution in [0.1, 0.15) is 66.6 Å². The molecule has 6 nitrogen and oxygen atoms in total. The first-order chi connectivity index (χ1) is 15.1. The number of hydrogen-bond acceptors (Lipinski definition) is 3. The van der Waals surface area contributed by atoms with Crippen LogP contribution >= 0.6 is 0 Å². The second kappa shape index (κ2) is 9.41. The normalized spacial score (nSPS) is 19.4. The molecule has 164 valence electrons. The quantitative estimate of drug-likeness (QED) is 0.506. The van der Waals surface area contributed by atoms with E-state index in [2.05, 4.69) is 41.1 Å². The molecule has 4 rings (SSSR count). The highest BCUT2D eigenvalue weighted by Gasteiger charge is 2.43. The smallest absolute Gasteiger partial charge is 0.251 e. The van der Waals surface area contributed by atoms with E-state index in [1.54, 1.807) is 7.05 Å². The molecule has 2 aromatic carbocycles. The van der Waals surface area contributed by atoms with E-state index >= 15 is 0 Å². The third-order valence-corrected chi connectivity index (χ3v) is 6.20. The molecule has 1 amide bonds. The zero-order chi connectivity index (χ0) is 21.7. The maximum absolute atomic E-state index is 11.9. The van der Waals surface area contributed by atoms with Gasteiger partial charge in [0.05, 0.1) is 12.6 Å². The van der Waals surface area contributed by atoms with Crippen molar-refractivity contribution in [3.63, 3.8) is 0 Å². The Bertz CT molecular complexity index is 950. The third kappa shape index (κ3) is 4.84. The lowest BCUT2D eigenvalue weighted by Crippen LogP contribution is -2.46. The minimum Gasteiger partial charge on any atom is -0.487 e. The van der Waals surface area contributed by atoms with Crippen LogP contribution in [-0.4, -0.2) is 31.1 Å². The van der Waals surface area contributed by atoms with Gasteiger partial charge in [0.2, 0.25) is 0 Å². The Balaban J connectivity index is 1.54. The molecule has 1 atom stereocenters.